The quantitative estimate of drug-likeness (QED) is 0.867. The number of aryl methyl sites for hydroxylation is 2. The van der Waals surface area contributed by atoms with Crippen LogP contribution in [0.1, 0.15) is 37.1 Å². The molecule has 0 bridgehead atoms. The molecule has 0 saturated carbocycles. The molecule has 1 N–H and O–H groups in total. The molecule has 2 heterocycles. The van der Waals surface area contributed by atoms with Gasteiger partial charge >= 0.3 is 0 Å². The zero-order valence-corrected chi connectivity index (χ0v) is 12.9. The lowest BCUT2D eigenvalue weighted by Gasteiger charge is -2.34. The number of aromatic amines is 1. The topological polar surface area (TPSA) is 66.1 Å². The smallest absolute Gasteiger partial charge is 0.246 e. The Morgan fingerprint density at radius 1 is 1.42 bits per heavy atom. The maximum atomic E-state index is 12.8. The number of halogens is 1. The van der Waals surface area contributed by atoms with Gasteiger partial charge in [0.1, 0.15) is 4.90 Å². The fourth-order valence-corrected chi connectivity index (χ4v) is 5.05. The van der Waals surface area contributed by atoms with Gasteiger partial charge in [-0.1, -0.05) is 6.42 Å². The summed E-state index contributed by atoms with van der Waals surface area (Å²) < 4.78 is 27.2. The number of hydrogen-bond donors (Lipinski definition) is 1. The Morgan fingerprint density at radius 3 is 2.74 bits per heavy atom. The Kier molecular flexibility index (Phi) is 4.53. The molecule has 19 heavy (non-hydrogen) atoms. The summed E-state index contributed by atoms with van der Waals surface area (Å²) in [4.78, 5) is 0.328. The first-order valence-electron chi connectivity index (χ1n) is 6.58. The van der Waals surface area contributed by atoms with Crippen molar-refractivity contribution in [1.82, 2.24) is 14.5 Å². The summed E-state index contributed by atoms with van der Waals surface area (Å²) in [5, 5.41) is 6.74. The number of H-pyrrole nitrogens is 1. The predicted molar refractivity (Wildman–Crippen MR) is 74.9 cm³/mol. The van der Waals surface area contributed by atoms with Crippen molar-refractivity contribution in [3.63, 3.8) is 0 Å². The van der Waals surface area contributed by atoms with Crippen LogP contribution in [0.5, 0.6) is 0 Å². The number of rotatable bonds is 4. The molecule has 1 aromatic rings. The second kappa shape index (κ2) is 5.81. The van der Waals surface area contributed by atoms with E-state index in [-0.39, 0.29) is 6.04 Å². The normalized spacial score (nSPS) is 21.7. The van der Waals surface area contributed by atoms with Crippen LogP contribution >= 0.6 is 11.6 Å². The van der Waals surface area contributed by atoms with Crippen molar-refractivity contribution in [2.75, 3.05) is 12.4 Å². The van der Waals surface area contributed by atoms with Crippen LogP contribution in [-0.2, 0) is 10.0 Å². The van der Waals surface area contributed by atoms with Gasteiger partial charge in [-0.05, 0) is 33.1 Å². The Bertz CT molecular complexity index is 520. The second-order valence-electron chi connectivity index (χ2n) is 5.01. The monoisotopic (exact) mass is 305 g/mol. The first-order valence-corrected chi connectivity index (χ1v) is 8.55. The van der Waals surface area contributed by atoms with Gasteiger partial charge < -0.3 is 0 Å². The summed E-state index contributed by atoms with van der Waals surface area (Å²) in [5.74, 6) is 0.486. The molecule has 1 saturated heterocycles. The minimum atomic E-state index is -3.47. The van der Waals surface area contributed by atoms with Crippen LogP contribution in [0.15, 0.2) is 4.90 Å². The van der Waals surface area contributed by atoms with E-state index in [1.807, 2.05) is 0 Å². The van der Waals surface area contributed by atoms with Crippen LogP contribution in [0.2, 0.25) is 0 Å². The Morgan fingerprint density at radius 2 is 2.16 bits per heavy atom. The summed E-state index contributed by atoms with van der Waals surface area (Å²) >= 11 is 5.80. The molecule has 1 fully saturated rings. The molecule has 1 aliphatic rings. The lowest BCUT2D eigenvalue weighted by atomic mass is 10.0. The van der Waals surface area contributed by atoms with Crippen molar-refractivity contribution in [3.05, 3.63) is 11.4 Å². The first kappa shape index (κ1) is 14.8. The lowest BCUT2D eigenvalue weighted by molar-refractivity contribution is 0.247. The van der Waals surface area contributed by atoms with Gasteiger partial charge in [0.15, 0.2) is 0 Å². The van der Waals surface area contributed by atoms with Crippen molar-refractivity contribution < 1.29 is 8.42 Å². The zero-order chi connectivity index (χ0) is 14.0. The highest BCUT2D eigenvalue weighted by atomic mass is 35.5. The molecule has 0 spiro atoms. The van der Waals surface area contributed by atoms with Crippen LogP contribution in [-0.4, -0.2) is 41.4 Å². The van der Waals surface area contributed by atoms with Crippen LogP contribution in [0.25, 0.3) is 0 Å². The van der Waals surface area contributed by atoms with E-state index in [1.54, 1.807) is 18.2 Å². The first-order chi connectivity index (χ1) is 8.98. The summed E-state index contributed by atoms with van der Waals surface area (Å²) in [6.45, 7) is 4.04. The number of piperidine rings is 1. The van der Waals surface area contributed by atoms with Crippen LogP contribution in [0.4, 0.5) is 0 Å². The average Bonchev–Trinajstić information content (AvgIpc) is 2.70. The van der Waals surface area contributed by atoms with E-state index in [4.69, 9.17) is 11.6 Å². The second-order valence-corrected chi connectivity index (χ2v) is 7.21. The third kappa shape index (κ3) is 2.80. The highest BCUT2D eigenvalue weighted by Crippen LogP contribution is 2.29. The number of sulfonamides is 1. The highest BCUT2D eigenvalue weighted by Gasteiger charge is 2.35. The molecule has 0 aromatic carbocycles. The molecule has 1 unspecified atom stereocenters. The molecule has 5 nitrogen and oxygen atoms in total. The van der Waals surface area contributed by atoms with Crippen LogP contribution in [0.3, 0.4) is 0 Å². The van der Waals surface area contributed by atoms with Gasteiger partial charge in [0.05, 0.1) is 11.4 Å². The van der Waals surface area contributed by atoms with Crippen LogP contribution < -0.4 is 0 Å². The molecular weight excluding hydrogens is 286 g/mol. The van der Waals surface area contributed by atoms with Gasteiger partial charge in [0.2, 0.25) is 10.0 Å². The zero-order valence-electron chi connectivity index (χ0n) is 11.3. The maximum absolute atomic E-state index is 12.8. The van der Waals surface area contributed by atoms with Crippen molar-refractivity contribution in [2.24, 2.45) is 0 Å². The standard InChI is InChI=1S/C12H20ClN3O2S/c1-9-12(10(2)15-14-9)19(17,18)16-8-4-3-5-11(16)6-7-13/h11H,3-8H2,1-2H3,(H,14,15). The molecule has 7 heteroatoms. The minimum absolute atomic E-state index is 0.0185. The third-order valence-electron chi connectivity index (χ3n) is 3.64. The lowest BCUT2D eigenvalue weighted by Crippen LogP contribution is -2.44. The van der Waals surface area contributed by atoms with Crippen molar-refractivity contribution in [2.45, 2.75) is 50.5 Å². The molecule has 1 aromatic heterocycles. The maximum Gasteiger partial charge on any atom is 0.246 e. The largest absolute Gasteiger partial charge is 0.281 e. The predicted octanol–water partition coefficient (Wildman–Crippen LogP) is 2.20. The number of aromatic nitrogens is 2. The van der Waals surface area contributed by atoms with Gasteiger partial charge in [0.25, 0.3) is 0 Å². The van der Waals surface area contributed by atoms with Gasteiger partial charge in [-0.2, -0.15) is 9.40 Å². The highest BCUT2D eigenvalue weighted by molar-refractivity contribution is 7.89. The van der Waals surface area contributed by atoms with E-state index in [1.165, 1.54) is 0 Å². The van der Waals surface area contributed by atoms with Gasteiger partial charge in [-0.3, -0.25) is 5.10 Å². The van der Waals surface area contributed by atoms with Crippen molar-refractivity contribution in [3.8, 4) is 0 Å². The summed E-state index contributed by atoms with van der Waals surface area (Å²) in [5.41, 5.74) is 1.14. The summed E-state index contributed by atoms with van der Waals surface area (Å²) in [6, 6.07) is 0.0185. The average molecular weight is 306 g/mol. The molecule has 2 rings (SSSR count). The Hall–Kier alpha value is -0.590. The van der Waals surface area contributed by atoms with E-state index in [9.17, 15) is 8.42 Å². The SMILES string of the molecule is Cc1n[nH]c(C)c1S(=O)(=O)N1CCCCC1CCCl. The van der Waals surface area contributed by atoms with E-state index in [0.29, 0.717) is 35.1 Å². The van der Waals surface area contributed by atoms with E-state index < -0.39 is 10.0 Å². The minimum Gasteiger partial charge on any atom is -0.281 e. The number of nitrogens with one attached hydrogen (secondary N) is 1. The van der Waals surface area contributed by atoms with E-state index >= 15 is 0 Å². The summed E-state index contributed by atoms with van der Waals surface area (Å²) in [6.07, 6.45) is 3.57. The van der Waals surface area contributed by atoms with Gasteiger partial charge in [-0.15, -0.1) is 11.6 Å². The van der Waals surface area contributed by atoms with Crippen LogP contribution in [0, 0.1) is 13.8 Å². The van der Waals surface area contributed by atoms with E-state index in [2.05, 4.69) is 10.2 Å². The molecule has 0 aliphatic carbocycles. The third-order valence-corrected chi connectivity index (χ3v) is 6.08. The Labute approximate surface area is 119 Å². The molecule has 1 atom stereocenters. The van der Waals surface area contributed by atoms with Crippen molar-refractivity contribution in [1.29, 1.82) is 0 Å². The molecule has 0 radical (unpaired) electrons. The molecule has 108 valence electrons. The van der Waals surface area contributed by atoms with Gasteiger partial charge in [0, 0.05) is 18.5 Å². The molecule has 1 aliphatic heterocycles. The fraction of sp³-hybridized carbons (Fsp3) is 0.750. The number of nitrogens with zero attached hydrogens (tertiary/aromatic N) is 2. The fourth-order valence-electron chi connectivity index (χ4n) is 2.74. The number of hydrogen-bond acceptors (Lipinski definition) is 3. The molecule has 0 amide bonds. The number of alkyl halides is 1. The summed E-state index contributed by atoms with van der Waals surface area (Å²) in [7, 11) is -3.47. The van der Waals surface area contributed by atoms with Crippen molar-refractivity contribution >= 4 is 21.6 Å². The van der Waals surface area contributed by atoms with E-state index in [0.717, 1.165) is 19.3 Å². The molecular formula is C12H20ClN3O2S. The Balaban J connectivity index is 2.37. The van der Waals surface area contributed by atoms with Gasteiger partial charge in [-0.25, -0.2) is 8.42 Å².